The lowest BCUT2D eigenvalue weighted by Crippen LogP contribution is -2.15. The van der Waals surface area contributed by atoms with Gasteiger partial charge in [0.25, 0.3) is 10.0 Å². The summed E-state index contributed by atoms with van der Waals surface area (Å²) in [6.07, 6.45) is 1.67. The number of aromatic amines is 1. The molecule has 27 heavy (non-hydrogen) atoms. The Bertz CT molecular complexity index is 1050. The van der Waals surface area contributed by atoms with Gasteiger partial charge >= 0.3 is 0 Å². The molecular weight excluding hydrogens is 411 g/mol. The summed E-state index contributed by atoms with van der Waals surface area (Å²) in [5.41, 5.74) is 1.09. The minimum atomic E-state index is -3.81. The third kappa shape index (κ3) is 5.00. The maximum atomic E-state index is 12.4. The second kappa shape index (κ2) is 7.99. The van der Waals surface area contributed by atoms with Gasteiger partial charge in [-0.25, -0.2) is 8.42 Å². The first-order valence-electron chi connectivity index (χ1n) is 7.69. The summed E-state index contributed by atoms with van der Waals surface area (Å²) in [6.45, 7) is 0. The number of carbonyl (C=O) groups excluding carboxylic acids is 1. The lowest BCUT2D eigenvalue weighted by Gasteiger charge is -2.10. The van der Waals surface area contributed by atoms with Crippen LogP contribution >= 0.6 is 23.2 Å². The molecule has 1 amide bonds. The van der Waals surface area contributed by atoms with E-state index in [-0.39, 0.29) is 27.3 Å². The van der Waals surface area contributed by atoms with E-state index < -0.39 is 10.0 Å². The summed E-state index contributed by atoms with van der Waals surface area (Å²) < 4.78 is 27.3. The number of amides is 1. The number of H-pyrrole nitrogens is 1. The smallest absolute Gasteiger partial charge is 0.261 e. The number of carbonyl (C=O) groups is 1. The Morgan fingerprint density at radius 2 is 1.78 bits per heavy atom. The zero-order valence-corrected chi connectivity index (χ0v) is 16.1. The van der Waals surface area contributed by atoms with E-state index in [9.17, 15) is 13.2 Å². The van der Waals surface area contributed by atoms with E-state index in [0.29, 0.717) is 11.5 Å². The molecule has 10 heteroatoms. The number of nitrogens with zero attached hydrogens (tertiary/aromatic N) is 1. The standard InChI is InChI=1S/C17H14Cl2N4O3S/c18-14-6-5-13(10-15(14)19)27(25,26)23-12-3-1-11(2-4-12)9-17(24)21-16-7-8-20-22-16/h1-8,10,23H,9H2,(H2,20,21,22,24). The Morgan fingerprint density at radius 3 is 2.41 bits per heavy atom. The van der Waals surface area contributed by atoms with Crippen molar-refractivity contribution in [2.75, 3.05) is 10.0 Å². The monoisotopic (exact) mass is 424 g/mol. The summed E-state index contributed by atoms with van der Waals surface area (Å²) in [5.74, 6) is 0.286. The van der Waals surface area contributed by atoms with Gasteiger partial charge < -0.3 is 5.32 Å². The lowest BCUT2D eigenvalue weighted by atomic mass is 10.1. The second-order valence-corrected chi connectivity index (χ2v) is 8.07. The van der Waals surface area contributed by atoms with Gasteiger partial charge in [-0.05, 0) is 35.9 Å². The van der Waals surface area contributed by atoms with Crippen molar-refractivity contribution < 1.29 is 13.2 Å². The number of rotatable bonds is 6. The zero-order chi connectivity index (χ0) is 19.4. The van der Waals surface area contributed by atoms with E-state index in [4.69, 9.17) is 23.2 Å². The van der Waals surface area contributed by atoms with Crippen molar-refractivity contribution in [2.24, 2.45) is 0 Å². The minimum Gasteiger partial charge on any atom is -0.311 e. The minimum absolute atomic E-state index is 0.0000818. The van der Waals surface area contributed by atoms with Crippen LogP contribution in [0.5, 0.6) is 0 Å². The molecule has 0 atom stereocenters. The molecule has 0 aliphatic rings. The van der Waals surface area contributed by atoms with Gasteiger partial charge in [-0.2, -0.15) is 5.10 Å². The van der Waals surface area contributed by atoms with Crippen LogP contribution in [-0.4, -0.2) is 24.5 Å². The molecule has 1 aromatic heterocycles. The molecule has 0 aliphatic carbocycles. The van der Waals surface area contributed by atoms with Crippen molar-refractivity contribution in [1.29, 1.82) is 0 Å². The number of halogens is 2. The predicted octanol–water partition coefficient (Wildman–Crippen LogP) is 3.70. The third-order valence-electron chi connectivity index (χ3n) is 3.55. The average Bonchev–Trinajstić information content (AvgIpc) is 3.11. The highest BCUT2D eigenvalue weighted by Crippen LogP contribution is 2.26. The predicted molar refractivity (Wildman–Crippen MR) is 105 cm³/mol. The Morgan fingerprint density at radius 1 is 1.04 bits per heavy atom. The quantitative estimate of drug-likeness (QED) is 0.560. The summed E-state index contributed by atoms with van der Waals surface area (Å²) in [5, 5.41) is 9.46. The van der Waals surface area contributed by atoms with Crippen molar-refractivity contribution in [3.05, 3.63) is 70.3 Å². The number of aromatic nitrogens is 2. The van der Waals surface area contributed by atoms with Crippen molar-refractivity contribution in [1.82, 2.24) is 10.2 Å². The van der Waals surface area contributed by atoms with E-state index in [1.807, 2.05) is 0 Å². The van der Waals surface area contributed by atoms with Crippen LogP contribution in [0, 0.1) is 0 Å². The van der Waals surface area contributed by atoms with Gasteiger partial charge in [-0.3, -0.25) is 14.6 Å². The normalized spacial score (nSPS) is 11.2. The molecule has 7 nitrogen and oxygen atoms in total. The maximum absolute atomic E-state index is 12.4. The summed E-state index contributed by atoms with van der Waals surface area (Å²) in [4.78, 5) is 11.9. The molecule has 0 radical (unpaired) electrons. The number of nitrogens with one attached hydrogen (secondary N) is 3. The summed E-state index contributed by atoms with van der Waals surface area (Å²) >= 11 is 11.7. The molecule has 0 saturated heterocycles. The van der Waals surface area contributed by atoms with Gasteiger partial charge in [0.15, 0.2) is 0 Å². The van der Waals surface area contributed by atoms with Crippen LogP contribution in [-0.2, 0) is 21.2 Å². The average molecular weight is 425 g/mol. The third-order valence-corrected chi connectivity index (χ3v) is 5.67. The first kappa shape index (κ1) is 19.2. The van der Waals surface area contributed by atoms with Crippen molar-refractivity contribution >= 4 is 50.6 Å². The number of sulfonamides is 1. The largest absolute Gasteiger partial charge is 0.311 e. The Hall–Kier alpha value is -2.55. The van der Waals surface area contributed by atoms with Gasteiger partial charge in [0, 0.05) is 11.8 Å². The molecule has 1 heterocycles. The SMILES string of the molecule is O=C(Cc1ccc(NS(=O)(=O)c2ccc(Cl)c(Cl)c2)cc1)Nc1ccn[nH]1. The Kier molecular flexibility index (Phi) is 5.69. The van der Waals surface area contributed by atoms with E-state index in [2.05, 4.69) is 20.2 Å². The molecule has 3 rings (SSSR count). The van der Waals surface area contributed by atoms with Crippen LogP contribution in [0.1, 0.15) is 5.56 Å². The molecule has 2 aromatic carbocycles. The van der Waals surface area contributed by atoms with Crippen LogP contribution in [0.25, 0.3) is 0 Å². The molecule has 0 unspecified atom stereocenters. The molecule has 0 spiro atoms. The van der Waals surface area contributed by atoms with Gasteiger partial charge in [0.05, 0.1) is 27.6 Å². The van der Waals surface area contributed by atoms with Crippen molar-refractivity contribution in [3.8, 4) is 0 Å². The van der Waals surface area contributed by atoms with Gasteiger partial charge in [0.1, 0.15) is 5.82 Å². The number of hydrogen-bond acceptors (Lipinski definition) is 4. The van der Waals surface area contributed by atoms with Crippen LogP contribution in [0.15, 0.2) is 59.6 Å². The van der Waals surface area contributed by atoms with Crippen LogP contribution in [0.2, 0.25) is 10.0 Å². The Balaban J connectivity index is 1.66. The van der Waals surface area contributed by atoms with Gasteiger partial charge in [-0.1, -0.05) is 35.3 Å². The van der Waals surface area contributed by atoms with Gasteiger partial charge in [0.2, 0.25) is 5.91 Å². The molecule has 0 bridgehead atoms. The van der Waals surface area contributed by atoms with Crippen LogP contribution < -0.4 is 10.0 Å². The van der Waals surface area contributed by atoms with E-state index in [1.165, 1.54) is 24.4 Å². The van der Waals surface area contributed by atoms with Gasteiger partial charge in [-0.15, -0.1) is 0 Å². The van der Waals surface area contributed by atoms with Crippen LogP contribution in [0.4, 0.5) is 11.5 Å². The maximum Gasteiger partial charge on any atom is 0.261 e. The van der Waals surface area contributed by atoms with Crippen molar-refractivity contribution in [3.63, 3.8) is 0 Å². The second-order valence-electron chi connectivity index (χ2n) is 5.57. The van der Waals surface area contributed by atoms with E-state index in [1.54, 1.807) is 30.3 Å². The molecule has 3 N–H and O–H groups in total. The topological polar surface area (TPSA) is 104 Å². The lowest BCUT2D eigenvalue weighted by molar-refractivity contribution is -0.115. The molecule has 3 aromatic rings. The number of benzene rings is 2. The van der Waals surface area contributed by atoms with E-state index in [0.717, 1.165) is 5.56 Å². The molecule has 0 fully saturated rings. The van der Waals surface area contributed by atoms with E-state index >= 15 is 0 Å². The molecular formula is C17H14Cl2N4O3S. The fourth-order valence-corrected chi connectivity index (χ4v) is 3.70. The molecule has 0 saturated carbocycles. The van der Waals surface area contributed by atoms with Crippen LogP contribution in [0.3, 0.4) is 0 Å². The molecule has 0 aliphatic heterocycles. The summed E-state index contributed by atoms with van der Waals surface area (Å²) in [6, 6.07) is 12.2. The highest BCUT2D eigenvalue weighted by molar-refractivity contribution is 7.92. The highest BCUT2D eigenvalue weighted by atomic mass is 35.5. The summed E-state index contributed by atoms with van der Waals surface area (Å²) in [7, 11) is -3.81. The fourth-order valence-electron chi connectivity index (χ4n) is 2.25. The first-order valence-corrected chi connectivity index (χ1v) is 9.93. The highest BCUT2D eigenvalue weighted by Gasteiger charge is 2.16. The molecule has 140 valence electrons. The Labute approximate surface area is 165 Å². The fraction of sp³-hybridized carbons (Fsp3) is 0.0588. The van der Waals surface area contributed by atoms with Crippen molar-refractivity contribution in [2.45, 2.75) is 11.3 Å². The number of anilines is 2. The first-order chi connectivity index (χ1) is 12.8. The number of hydrogen-bond donors (Lipinski definition) is 3. The zero-order valence-electron chi connectivity index (χ0n) is 13.7.